The van der Waals surface area contributed by atoms with Crippen molar-refractivity contribution in [3.63, 3.8) is 0 Å². The zero-order chi connectivity index (χ0) is 11.3. The minimum Gasteiger partial charge on any atom is -0.342 e. The van der Waals surface area contributed by atoms with Gasteiger partial charge in [0.1, 0.15) is 5.92 Å². The first-order valence-corrected chi connectivity index (χ1v) is 5.91. The monoisotopic (exact) mass is 208 g/mol. The fraction of sp³-hybridized carbons (Fsp3) is 0.833. The van der Waals surface area contributed by atoms with Gasteiger partial charge in [-0.2, -0.15) is 5.26 Å². The van der Waals surface area contributed by atoms with E-state index < -0.39 is 5.92 Å². The molecular formula is C12H20N2O. The molecule has 1 unspecified atom stereocenters. The van der Waals surface area contributed by atoms with Gasteiger partial charge in [0.25, 0.3) is 0 Å². The summed E-state index contributed by atoms with van der Waals surface area (Å²) < 4.78 is 0. The van der Waals surface area contributed by atoms with E-state index in [0.29, 0.717) is 12.3 Å². The van der Waals surface area contributed by atoms with Gasteiger partial charge in [0.05, 0.1) is 6.07 Å². The molecule has 0 radical (unpaired) electrons. The van der Waals surface area contributed by atoms with Crippen LogP contribution < -0.4 is 0 Å². The van der Waals surface area contributed by atoms with Crippen LogP contribution in [0.2, 0.25) is 0 Å². The number of amides is 1. The van der Waals surface area contributed by atoms with Crippen LogP contribution in [0.5, 0.6) is 0 Å². The average molecular weight is 208 g/mol. The molecule has 0 bridgehead atoms. The highest BCUT2D eigenvalue weighted by molar-refractivity contribution is 5.81. The Bertz CT molecular complexity index is 253. The predicted octanol–water partition coefficient (Wildman–Crippen LogP) is 2.18. The van der Waals surface area contributed by atoms with Gasteiger partial charge in [-0.15, -0.1) is 0 Å². The maximum atomic E-state index is 12.0. The molecule has 0 N–H and O–H groups in total. The summed E-state index contributed by atoms with van der Waals surface area (Å²) in [5.74, 6) is 0.317. The summed E-state index contributed by atoms with van der Waals surface area (Å²) in [6.07, 6.45) is 4.07. The highest BCUT2D eigenvalue weighted by Gasteiger charge is 2.29. The van der Waals surface area contributed by atoms with E-state index in [4.69, 9.17) is 5.26 Å². The number of carbonyl (C=O) groups excluding carboxylic acids is 1. The molecule has 15 heavy (non-hydrogen) atoms. The molecule has 84 valence electrons. The van der Waals surface area contributed by atoms with Crippen molar-refractivity contribution in [2.24, 2.45) is 11.8 Å². The Kier molecular flexibility index (Phi) is 4.61. The van der Waals surface area contributed by atoms with Crippen molar-refractivity contribution in [3.05, 3.63) is 0 Å². The fourth-order valence-electron chi connectivity index (χ4n) is 1.74. The molecule has 1 aliphatic carbocycles. The van der Waals surface area contributed by atoms with Gasteiger partial charge in [0, 0.05) is 13.1 Å². The Labute approximate surface area is 92.1 Å². The smallest absolute Gasteiger partial charge is 0.239 e. The number of nitriles is 1. The molecule has 0 aromatic heterocycles. The second-order valence-corrected chi connectivity index (χ2v) is 4.29. The second kappa shape index (κ2) is 5.75. The average Bonchev–Trinajstić information content (AvgIpc) is 3.05. The lowest BCUT2D eigenvalue weighted by Gasteiger charge is -2.23. The van der Waals surface area contributed by atoms with Crippen LogP contribution in [0.1, 0.15) is 39.5 Å². The highest BCUT2D eigenvalue weighted by atomic mass is 16.2. The van der Waals surface area contributed by atoms with Gasteiger partial charge in [-0.1, -0.05) is 13.3 Å². The quantitative estimate of drug-likeness (QED) is 0.671. The Morgan fingerprint density at radius 2 is 2.20 bits per heavy atom. The van der Waals surface area contributed by atoms with Crippen LogP contribution in [0.25, 0.3) is 0 Å². The van der Waals surface area contributed by atoms with Crippen LogP contribution in [-0.4, -0.2) is 23.9 Å². The van der Waals surface area contributed by atoms with E-state index in [1.807, 2.05) is 18.7 Å². The second-order valence-electron chi connectivity index (χ2n) is 4.29. The van der Waals surface area contributed by atoms with Crippen molar-refractivity contribution < 1.29 is 4.79 Å². The van der Waals surface area contributed by atoms with Crippen LogP contribution in [0.3, 0.4) is 0 Å². The molecule has 1 fully saturated rings. The molecule has 1 amide bonds. The first-order valence-electron chi connectivity index (χ1n) is 5.91. The summed E-state index contributed by atoms with van der Waals surface area (Å²) in [7, 11) is 0. The molecule has 0 aromatic carbocycles. The SMILES string of the molecule is CCCC(C#N)C(=O)N(CC)CC1CC1. The van der Waals surface area contributed by atoms with E-state index in [2.05, 4.69) is 6.07 Å². The molecule has 1 rings (SSSR count). The Balaban J connectivity index is 2.49. The normalized spacial score (nSPS) is 16.9. The lowest BCUT2D eigenvalue weighted by molar-refractivity contribution is -0.134. The van der Waals surface area contributed by atoms with Crippen molar-refractivity contribution in [2.45, 2.75) is 39.5 Å². The van der Waals surface area contributed by atoms with Gasteiger partial charge in [-0.25, -0.2) is 0 Å². The molecule has 0 saturated heterocycles. The van der Waals surface area contributed by atoms with Crippen LogP contribution in [-0.2, 0) is 4.79 Å². The first-order chi connectivity index (χ1) is 7.22. The fourth-order valence-corrected chi connectivity index (χ4v) is 1.74. The third-order valence-corrected chi connectivity index (χ3v) is 2.90. The van der Waals surface area contributed by atoms with Crippen LogP contribution >= 0.6 is 0 Å². The highest BCUT2D eigenvalue weighted by Crippen LogP contribution is 2.30. The van der Waals surface area contributed by atoms with Crippen LogP contribution in [0.4, 0.5) is 0 Å². The predicted molar refractivity (Wildman–Crippen MR) is 59.0 cm³/mol. The van der Waals surface area contributed by atoms with Gasteiger partial charge < -0.3 is 4.90 Å². The molecule has 3 heteroatoms. The standard InChI is InChI=1S/C12H20N2O/c1-3-5-11(8-13)12(15)14(4-2)9-10-6-7-10/h10-11H,3-7,9H2,1-2H3. The maximum absolute atomic E-state index is 12.0. The zero-order valence-corrected chi connectivity index (χ0v) is 9.70. The van der Waals surface area contributed by atoms with Gasteiger partial charge in [0.15, 0.2) is 0 Å². The summed E-state index contributed by atoms with van der Waals surface area (Å²) >= 11 is 0. The van der Waals surface area contributed by atoms with Gasteiger partial charge in [0.2, 0.25) is 5.91 Å². The number of nitrogens with zero attached hydrogens (tertiary/aromatic N) is 2. The van der Waals surface area contributed by atoms with Crippen molar-refractivity contribution >= 4 is 5.91 Å². The summed E-state index contributed by atoms with van der Waals surface area (Å²) in [6.45, 7) is 5.59. The summed E-state index contributed by atoms with van der Waals surface area (Å²) in [5.41, 5.74) is 0. The maximum Gasteiger partial charge on any atom is 0.239 e. The number of rotatable bonds is 6. The lowest BCUT2D eigenvalue weighted by atomic mass is 10.0. The van der Waals surface area contributed by atoms with Crippen LogP contribution in [0, 0.1) is 23.2 Å². The lowest BCUT2D eigenvalue weighted by Crippen LogP contribution is -2.37. The third-order valence-electron chi connectivity index (χ3n) is 2.90. The Hall–Kier alpha value is -1.04. The van der Waals surface area contributed by atoms with E-state index in [9.17, 15) is 4.79 Å². The van der Waals surface area contributed by atoms with E-state index >= 15 is 0 Å². The number of hydrogen-bond acceptors (Lipinski definition) is 2. The third kappa shape index (κ3) is 3.54. The molecule has 0 heterocycles. The van der Waals surface area contributed by atoms with Gasteiger partial charge >= 0.3 is 0 Å². The minimum absolute atomic E-state index is 0.0359. The molecule has 1 saturated carbocycles. The van der Waals surface area contributed by atoms with Crippen LogP contribution in [0.15, 0.2) is 0 Å². The van der Waals surface area contributed by atoms with E-state index in [1.165, 1.54) is 12.8 Å². The Morgan fingerprint density at radius 1 is 1.53 bits per heavy atom. The molecule has 0 aliphatic heterocycles. The number of carbonyl (C=O) groups is 1. The molecule has 1 atom stereocenters. The zero-order valence-electron chi connectivity index (χ0n) is 9.70. The largest absolute Gasteiger partial charge is 0.342 e. The molecule has 3 nitrogen and oxygen atoms in total. The topological polar surface area (TPSA) is 44.1 Å². The van der Waals surface area contributed by atoms with Crippen molar-refractivity contribution in [2.75, 3.05) is 13.1 Å². The van der Waals surface area contributed by atoms with E-state index in [1.54, 1.807) is 0 Å². The summed E-state index contributed by atoms with van der Waals surface area (Å²) in [5, 5.41) is 8.92. The Morgan fingerprint density at radius 3 is 2.60 bits per heavy atom. The van der Waals surface area contributed by atoms with Gasteiger partial charge in [-0.05, 0) is 32.1 Å². The van der Waals surface area contributed by atoms with Crippen molar-refractivity contribution in [1.82, 2.24) is 4.90 Å². The van der Waals surface area contributed by atoms with Gasteiger partial charge in [-0.3, -0.25) is 4.79 Å². The molecule has 0 aromatic rings. The molecule has 0 spiro atoms. The molecular weight excluding hydrogens is 188 g/mol. The first kappa shape index (κ1) is 12.0. The van der Waals surface area contributed by atoms with Crippen molar-refractivity contribution in [3.8, 4) is 6.07 Å². The molecule has 1 aliphatic rings. The van der Waals surface area contributed by atoms with E-state index in [-0.39, 0.29) is 5.91 Å². The summed E-state index contributed by atoms with van der Waals surface area (Å²) in [4.78, 5) is 13.8. The van der Waals surface area contributed by atoms with E-state index in [0.717, 1.165) is 19.5 Å². The summed E-state index contributed by atoms with van der Waals surface area (Å²) in [6, 6.07) is 2.12. The van der Waals surface area contributed by atoms with Crippen molar-refractivity contribution in [1.29, 1.82) is 5.26 Å². The number of hydrogen-bond donors (Lipinski definition) is 0. The minimum atomic E-state index is -0.423.